The van der Waals surface area contributed by atoms with Crippen molar-refractivity contribution in [3.63, 3.8) is 0 Å². The number of hydrogen-bond acceptors (Lipinski definition) is 6. The van der Waals surface area contributed by atoms with Crippen LogP contribution in [-0.4, -0.2) is 84.6 Å². The molecular formula is C21H28N6O. The molecule has 2 aliphatic rings. The lowest BCUT2D eigenvalue weighted by Crippen LogP contribution is -2.50. The Bertz CT molecular complexity index is 740. The fourth-order valence-electron chi connectivity index (χ4n) is 3.88. The van der Waals surface area contributed by atoms with E-state index in [0.29, 0.717) is 6.42 Å². The van der Waals surface area contributed by atoms with Crippen molar-refractivity contribution in [2.24, 2.45) is 0 Å². The van der Waals surface area contributed by atoms with Crippen LogP contribution in [0.3, 0.4) is 0 Å². The predicted octanol–water partition coefficient (Wildman–Crippen LogP) is 1.34. The van der Waals surface area contributed by atoms with E-state index < -0.39 is 0 Å². The first-order valence-corrected chi connectivity index (χ1v) is 10.1. The Hall–Kier alpha value is -2.67. The van der Waals surface area contributed by atoms with Crippen molar-refractivity contribution in [3.05, 3.63) is 48.8 Å². The van der Waals surface area contributed by atoms with Crippen molar-refractivity contribution in [2.45, 2.75) is 6.42 Å². The lowest BCUT2D eigenvalue weighted by atomic mass is 10.2. The first kappa shape index (κ1) is 18.7. The van der Waals surface area contributed by atoms with Crippen LogP contribution in [0.4, 0.5) is 11.6 Å². The first-order valence-electron chi connectivity index (χ1n) is 10.1. The van der Waals surface area contributed by atoms with Gasteiger partial charge < -0.3 is 14.7 Å². The molecular weight excluding hydrogens is 352 g/mol. The Morgan fingerprint density at radius 3 is 1.79 bits per heavy atom. The second-order valence-corrected chi connectivity index (χ2v) is 7.32. The highest BCUT2D eigenvalue weighted by atomic mass is 16.2. The summed E-state index contributed by atoms with van der Waals surface area (Å²) in [7, 11) is 0. The van der Waals surface area contributed by atoms with E-state index in [2.05, 4.69) is 30.7 Å². The molecule has 148 valence electrons. The molecule has 4 rings (SSSR count). The van der Waals surface area contributed by atoms with Gasteiger partial charge in [-0.3, -0.25) is 9.69 Å². The zero-order chi connectivity index (χ0) is 19.2. The molecule has 0 saturated carbocycles. The smallest absolute Gasteiger partial charge is 0.223 e. The van der Waals surface area contributed by atoms with Crippen LogP contribution in [-0.2, 0) is 4.79 Å². The topological polar surface area (TPSA) is 55.8 Å². The van der Waals surface area contributed by atoms with Gasteiger partial charge in [0.2, 0.25) is 5.91 Å². The molecule has 2 aromatic rings. The molecule has 0 aromatic carbocycles. The lowest BCUT2D eigenvalue weighted by molar-refractivity contribution is -0.131. The van der Waals surface area contributed by atoms with Gasteiger partial charge in [-0.2, -0.15) is 0 Å². The van der Waals surface area contributed by atoms with Crippen LogP contribution in [0.25, 0.3) is 0 Å². The standard InChI is InChI=1S/C21H28N6O/c28-21(27-17-15-26(16-18-27)20-6-2-4-9-23-20)7-10-24-11-13-25(14-12-24)19-5-1-3-8-22-19/h1-6,8-9H,7,10-18H2. The van der Waals surface area contributed by atoms with Crippen LogP contribution in [0.15, 0.2) is 48.8 Å². The molecule has 28 heavy (non-hydrogen) atoms. The summed E-state index contributed by atoms with van der Waals surface area (Å²) in [6.45, 7) is 8.01. The molecule has 7 nitrogen and oxygen atoms in total. The van der Waals surface area contributed by atoms with Crippen LogP contribution in [0.5, 0.6) is 0 Å². The number of anilines is 2. The SMILES string of the molecule is O=C(CCN1CCN(c2ccccn2)CC1)N1CCN(c2ccccn2)CC1. The minimum atomic E-state index is 0.271. The number of amides is 1. The fourth-order valence-corrected chi connectivity index (χ4v) is 3.88. The minimum Gasteiger partial charge on any atom is -0.354 e. The van der Waals surface area contributed by atoms with Gasteiger partial charge >= 0.3 is 0 Å². The largest absolute Gasteiger partial charge is 0.354 e. The second kappa shape index (κ2) is 9.01. The van der Waals surface area contributed by atoms with E-state index >= 15 is 0 Å². The summed E-state index contributed by atoms with van der Waals surface area (Å²) in [5.41, 5.74) is 0. The number of hydrogen-bond donors (Lipinski definition) is 0. The van der Waals surface area contributed by atoms with Gasteiger partial charge in [0, 0.05) is 77.7 Å². The minimum absolute atomic E-state index is 0.271. The van der Waals surface area contributed by atoms with Crippen molar-refractivity contribution in [2.75, 3.05) is 68.7 Å². The van der Waals surface area contributed by atoms with E-state index in [4.69, 9.17) is 0 Å². The lowest BCUT2D eigenvalue weighted by Gasteiger charge is -2.37. The number of pyridine rings is 2. The second-order valence-electron chi connectivity index (χ2n) is 7.32. The summed E-state index contributed by atoms with van der Waals surface area (Å²) < 4.78 is 0. The monoisotopic (exact) mass is 380 g/mol. The molecule has 0 radical (unpaired) electrons. The highest BCUT2D eigenvalue weighted by Gasteiger charge is 2.23. The van der Waals surface area contributed by atoms with E-state index in [0.717, 1.165) is 70.5 Å². The zero-order valence-corrected chi connectivity index (χ0v) is 16.3. The van der Waals surface area contributed by atoms with E-state index in [9.17, 15) is 4.79 Å². The maximum atomic E-state index is 12.6. The number of carbonyl (C=O) groups is 1. The van der Waals surface area contributed by atoms with Gasteiger partial charge in [-0.05, 0) is 24.3 Å². The summed E-state index contributed by atoms with van der Waals surface area (Å²) in [4.78, 5) is 30.4. The number of aromatic nitrogens is 2. The first-order chi connectivity index (χ1) is 13.8. The third kappa shape index (κ3) is 4.59. The maximum Gasteiger partial charge on any atom is 0.223 e. The number of nitrogens with zero attached hydrogens (tertiary/aromatic N) is 6. The molecule has 0 aliphatic carbocycles. The Balaban J connectivity index is 1.18. The molecule has 0 N–H and O–H groups in total. The number of piperazine rings is 2. The fraction of sp³-hybridized carbons (Fsp3) is 0.476. The summed E-state index contributed by atoms with van der Waals surface area (Å²) in [6, 6.07) is 12.0. The van der Waals surface area contributed by atoms with Gasteiger partial charge in [-0.25, -0.2) is 9.97 Å². The van der Waals surface area contributed by atoms with Crippen LogP contribution in [0.2, 0.25) is 0 Å². The summed E-state index contributed by atoms with van der Waals surface area (Å²) >= 11 is 0. The maximum absolute atomic E-state index is 12.6. The van der Waals surface area contributed by atoms with Crippen molar-refractivity contribution in [1.29, 1.82) is 0 Å². The molecule has 0 spiro atoms. The van der Waals surface area contributed by atoms with Gasteiger partial charge in [0.25, 0.3) is 0 Å². The average molecular weight is 380 g/mol. The Kier molecular flexibility index (Phi) is 6.01. The Morgan fingerprint density at radius 1 is 0.750 bits per heavy atom. The van der Waals surface area contributed by atoms with E-state index in [1.54, 1.807) is 0 Å². The van der Waals surface area contributed by atoms with Crippen molar-refractivity contribution in [3.8, 4) is 0 Å². The van der Waals surface area contributed by atoms with Crippen molar-refractivity contribution in [1.82, 2.24) is 19.8 Å². The molecule has 2 aliphatic heterocycles. The van der Waals surface area contributed by atoms with Gasteiger partial charge in [0.15, 0.2) is 0 Å². The van der Waals surface area contributed by atoms with Gasteiger partial charge in [0.05, 0.1) is 0 Å². The zero-order valence-electron chi connectivity index (χ0n) is 16.3. The van der Waals surface area contributed by atoms with Crippen molar-refractivity contribution >= 4 is 17.5 Å². The third-order valence-electron chi connectivity index (χ3n) is 5.59. The van der Waals surface area contributed by atoms with Crippen LogP contribution in [0.1, 0.15) is 6.42 Å². The van der Waals surface area contributed by atoms with Crippen LogP contribution >= 0.6 is 0 Å². The Morgan fingerprint density at radius 2 is 1.29 bits per heavy atom. The van der Waals surface area contributed by atoms with Crippen LogP contribution in [0, 0.1) is 0 Å². The van der Waals surface area contributed by atoms with Crippen LogP contribution < -0.4 is 9.80 Å². The highest BCUT2D eigenvalue weighted by molar-refractivity contribution is 5.76. The Labute approximate surface area is 166 Å². The number of carbonyl (C=O) groups excluding carboxylic acids is 1. The predicted molar refractivity (Wildman–Crippen MR) is 111 cm³/mol. The molecule has 0 bridgehead atoms. The third-order valence-corrected chi connectivity index (χ3v) is 5.59. The van der Waals surface area contributed by atoms with Gasteiger partial charge in [-0.15, -0.1) is 0 Å². The van der Waals surface area contributed by atoms with E-state index in [-0.39, 0.29) is 5.91 Å². The molecule has 0 atom stereocenters. The molecule has 2 fully saturated rings. The van der Waals surface area contributed by atoms with Crippen molar-refractivity contribution < 1.29 is 4.79 Å². The number of rotatable bonds is 5. The van der Waals surface area contributed by atoms with Gasteiger partial charge in [-0.1, -0.05) is 12.1 Å². The average Bonchev–Trinajstić information content (AvgIpc) is 2.79. The summed E-state index contributed by atoms with van der Waals surface area (Å²) in [5.74, 6) is 2.32. The normalized spacial score (nSPS) is 18.4. The molecule has 2 saturated heterocycles. The quantitative estimate of drug-likeness (QED) is 0.780. The molecule has 1 amide bonds. The molecule has 7 heteroatoms. The van der Waals surface area contributed by atoms with Gasteiger partial charge in [0.1, 0.15) is 11.6 Å². The molecule has 4 heterocycles. The molecule has 0 unspecified atom stereocenters. The summed E-state index contributed by atoms with van der Waals surface area (Å²) in [5, 5.41) is 0. The summed E-state index contributed by atoms with van der Waals surface area (Å²) in [6.07, 6.45) is 4.27. The van der Waals surface area contributed by atoms with E-state index in [1.165, 1.54) is 0 Å². The molecule has 2 aromatic heterocycles. The highest BCUT2D eigenvalue weighted by Crippen LogP contribution is 2.15. The van der Waals surface area contributed by atoms with E-state index in [1.807, 2.05) is 47.6 Å².